The van der Waals surface area contributed by atoms with Crippen LogP contribution in [0.5, 0.6) is 5.75 Å². The van der Waals surface area contributed by atoms with Gasteiger partial charge >= 0.3 is 6.16 Å². The summed E-state index contributed by atoms with van der Waals surface area (Å²) in [4.78, 5) is 10.1. The third-order valence-electron chi connectivity index (χ3n) is 1.33. The van der Waals surface area contributed by atoms with Crippen molar-refractivity contribution in [1.82, 2.24) is 0 Å². The van der Waals surface area contributed by atoms with E-state index in [1.165, 1.54) is 12.1 Å². The lowest BCUT2D eigenvalue weighted by molar-refractivity contribution is 0.144. The molecule has 0 aliphatic carbocycles. The van der Waals surface area contributed by atoms with Gasteiger partial charge in [0.15, 0.2) is 0 Å². The average Bonchev–Trinajstić information content (AvgIpc) is 1.94. The molecule has 0 saturated heterocycles. The van der Waals surface area contributed by atoms with E-state index in [1.54, 1.807) is 6.92 Å². The highest BCUT2D eigenvalue weighted by molar-refractivity contribution is 5.61. The summed E-state index contributed by atoms with van der Waals surface area (Å²) in [6.07, 6.45) is -1.40. The molecule has 0 aliphatic rings. The van der Waals surface area contributed by atoms with Gasteiger partial charge in [-0.25, -0.2) is 9.18 Å². The van der Waals surface area contributed by atoms with Crippen LogP contribution in [-0.4, -0.2) is 11.3 Å². The van der Waals surface area contributed by atoms with E-state index < -0.39 is 12.0 Å². The summed E-state index contributed by atoms with van der Waals surface area (Å²) in [7, 11) is 0. The Morgan fingerprint density at radius 2 is 2.25 bits per heavy atom. The molecule has 1 N–H and O–H groups in total. The molecule has 64 valence electrons. The Morgan fingerprint density at radius 1 is 1.58 bits per heavy atom. The first-order valence-electron chi connectivity index (χ1n) is 3.26. The van der Waals surface area contributed by atoms with E-state index in [9.17, 15) is 9.18 Å². The third kappa shape index (κ3) is 1.95. The third-order valence-corrected chi connectivity index (χ3v) is 1.33. The van der Waals surface area contributed by atoms with Crippen molar-refractivity contribution >= 4 is 6.16 Å². The Hall–Kier alpha value is -1.58. The molecule has 0 amide bonds. The summed E-state index contributed by atoms with van der Waals surface area (Å²) >= 11 is 0. The number of hydrogen-bond acceptors (Lipinski definition) is 2. The van der Waals surface area contributed by atoms with E-state index in [-0.39, 0.29) is 5.75 Å². The van der Waals surface area contributed by atoms with E-state index in [0.717, 1.165) is 6.07 Å². The van der Waals surface area contributed by atoms with Crippen molar-refractivity contribution in [2.45, 2.75) is 6.92 Å². The largest absolute Gasteiger partial charge is 0.511 e. The Bertz CT molecular complexity index is 309. The van der Waals surface area contributed by atoms with Crippen LogP contribution in [0.1, 0.15) is 5.56 Å². The summed E-state index contributed by atoms with van der Waals surface area (Å²) in [6.45, 7) is 1.57. The molecule has 0 saturated carbocycles. The summed E-state index contributed by atoms with van der Waals surface area (Å²) in [5.41, 5.74) is 0.456. The highest BCUT2D eigenvalue weighted by atomic mass is 19.1. The lowest BCUT2D eigenvalue weighted by atomic mass is 10.2. The fourth-order valence-corrected chi connectivity index (χ4v) is 0.821. The molecule has 1 aromatic rings. The second-order valence-electron chi connectivity index (χ2n) is 2.28. The SMILES string of the molecule is Cc1cc(F)ccc1OC(=O)O. The van der Waals surface area contributed by atoms with Crippen molar-refractivity contribution in [2.24, 2.45) is 0 Å². The monoisotopic (exact) mass is 170 g/mol. The quantitative estimate of drug-likeness (QED) is 0.519. The van der Waals surface area contributed by atoms with Gasteiger partial charge in [-0.2, -0.15) is 0 Å². The first-order valence-corrected chi connectivity index (χ1v) is 3.26. The lowest BCUT2D eigenvalue weighted by Gasteiger charge is -2.02. The summed E-state index contributed by atoms with van der Waals surface area (Å²) in [5.74, 6) is -0.255. The van der Waals surface area contributed by atoms with Gasteiger partial charge in [0.1, 0.15) is 11.6 Å². The molecule has 3 nitrogen and oxygen atoms in total. The second-order valence-corrected chi connectivity index (χ2v) is 2.28. The summed E-state index contributed by atoms with van der Waals surface area (Å²) < 4.78 is 16.8. The number of aryl methyl sites for hydroxylation is 1. The predicted molar refractivity (Wildman–Crippen MR) is 39.8 cm³/mol. The normalized spacial score (nSPS) is 9.50. The van der Waals surface area contributed by atoms with Crippen molar-refractivity contribution in [2.75, 3.05) is 0 Å². The topological polar surface area (TPSA) is 46.5 Å². The van der Waals surface area contributed by atoms with Crippen molar-refractivity contribution in [3.8, 4) is 5.75 Å². The fraction of sp³-hybridized carbons (Fsp3) is 0.125. The van der Waals surface area contributed by atoms with Gasteiger partial charge in [-0.15, -0.1) is 0 Å². The number of rotatable bonds is 1. The van der Waals surface area contributed by atoms with Gasteiger partial charge in [-0.1, -0.05) is 0 Å². The minimum Gasteiger partial charge on any atom is -0.449 e. The molecule has 1 aromatic carbocycles. The first kappa shape index (κ1) is 8.52. The van der Waals surface area contributed by atoms with E-state index in [4.69, 9.17) is 5.11 Å². The maximum Gasteiger partial charge on any atom is 0.511 e. The van der Waals surface area contributed by atoms with Crippen molar-refractivity contribution in [1.29, 1.82) is 0 Å². The summed E-state index contributed by atoms with van der Waals surface area (Å²) in [6, 6.07) is 3.63. The molecule has 0 heterocycles. The second kappa shape index (κ2) is 3.21. The van der Waals surface area contributed by atoms with Gasteiger partial charge in [0.25, 0.3) is 0 Å². The number of benzene rings is 1. The Morgan fingerprint density at radius 3 is 2.75 bits per heavy atom. The maximum atomic E-state index is 12.5. The van der Waals surface area contributed by atoms with E-state index in [1.807, 2.05) is 0 Å². The molecule has 0 unspecified atom stereocenters. The summed E-state index contributed by atoms with van der Waals surface area (Å²) in [5, 5.41) is 8.24. The van der Waals surface area contributed by atoms with Crippen LogP contribution in [0.25, 0.3) is 0 Å². The smallest absolute Gasteiger partial charge is 0.449 e. The molecule has 4 heteroatoms. The average molecular weight is 170 g/mol. The minimum absolute atomic E-state index is 0.156. The highest BCUT2D eigenvalue weighted by Crippen LogP contribution is 2.18. The van der Waals surface area contributed by atoms with Crippen LogP contribution in [0.2, 0.25) is 0 Å². The molecule has 0 fully saturated rings. The highest BCUT2D eigenvalue weighted by Gasteiger charge is 2.04. The number of halogens is 1. The molecule has 0 radical (unpaired) electrons. The molecule has 0 aromatic heterocycles. The van der Waals surface area contributed by atoms with Gasteiger partial charge in [-0.3, -0.25) is 0 Å². The van der Waals surface area contributed by atoms with Crippen LogP contribution in [0.15, 0.2) is 18.2 Å². The van der Waals surface area contributed by atoms with Gasteiger partial charge in [0.2, 0.25) is 0 Å². The number of ether oxygens (including phenoxy) is 1. The van der Waals surface area contributed by atoms with Crippen LogP contribution in [0, 0.1) is 12.7 Å². The van der Waals surface area contributed by atoms with Crippen LogP contribution < -0.4 is 4.74 Å². The molecule has 0 spiro atoms. The molecule has 12 heavy (non-hydrogen) atoms. The number of carbonyl (C=O) groups is 1. The van der Waals surface area contributed by atoms with Crippen molar-refractivity contribution in [3.05, 3.63) is 29.6 Å². The van der Waals surface area contributed by atoms with Gasteiger partial charge in [0.05, 0.1) is 0 Å². The number of carboxylic acid groups (broad SMARTS) is 1. The van der Waals surface area contributed by atoms with Gasteiger partial charge in [-0.05, 0) is 30.7 Å². The zero-order valence-corrected chi connectivity index (χ0v) is 6.37. The van der Waals surface area contributed by atoms with E-state index in [0.29, 0.717) is 5.56 Å². The maximum absolute atomic E-state index is 12.5. The Balaban J connectivity index is 2.93. The standard InChI is InChI=1S/C8H7FO3/c1-5-4-6(9)2-3-7(5)12-8(10)11/h2-4H,1H3,(H,10,11). The zero-order valence-electron chi connectivity index (χ0n) is 6.37. The van der Waals surface area contributed by atoms with Gasteiger partial charge in [0, 0.05) is 0 Å². The molecule has 1 rings (SSSR count). The van der Waals surface area contributed by atoms with Gasteiger partial charge < -0.3 is 9.84 Å². The molecular formula is C8H7FO3. The van der Waals surface area contributed by atoms with E-state index in [2.05, 4.69) is 4.74 Å². The van der Waals surface area contributed by atoms with E-state index >= 15 is 0 Å². The van der Waals surface area contributed by atoms with Crippen LogP contribution in [-0.2, 0) is 0 Å². The predicted octanol–water partition coefficient (Wildman–Crippen LogP) is 2.19. The van der Waals surface area contributed by atoms with Crippen LogP contribution >= 0.6 is 0 Å². The van der Waals surface area contributed by atoms with Crippen molar-refractivity contribution in [3.63, 3.8) is 0 Å². The minimum atomic E-state index is -1.40. The Labute approximate surface area is 68.4 Å². The first-order chi connectivity index (χ1) is 5.59. The van der Waals surface area contributed by atoms with Crippen LogP contribution in [0.3, 0.4) is 0 Å². The van der Waals surface area contributed by atoms with Crippen molar-refractivity contribution < 1.29 is 19.0 Å². The molecule has 0 aliphatic heterocycles. The molecule has 0 bridgehead atoms. The molecule has 0 atom stereocenters. The lowest BCUT2D eigenvalue weighted by Crippen LogP contribution is -2.04. The van der Waals surface area contributed by atoms with Crippen LogP contribution in [0.4, 0.5) is 9.18 Å². The zero-order chi connectivity index (χ0) is 9.14. The fourth-order valence-electron chi connectivity index (χ4n) is 0.821. The number of hydrogen-bond donors (Lipinski definition) is 1. The molecular weight excluding hydrogens is 163 g/mol. The Kier molecular flexibility index (Phi) is 2.28.